The zero-order valence-corrected chi connectivity index (χ0v) is 17.6. The summed E-state index contributed by atoms with van der Waals surface area (Å²) in [5, 5.41) is 20.3. The van der Waals surface area contributed by atoms with Gasteiger partial charge in [0, 0.05) is 12.1 Å². The first-order valence-corrected chi connectivity index (χ1v) is 10.9. The number of nitro groups is 1. The number of aromatic nitrogens is 2. The van der Waals surface area contributed by atoms with E-state index in [2.05, 4.69) is 15.5 Å². The van der Waals surface area contributed by atoms with E-state index in [-0.39, 0.29) is 35.3 Å². The SMILES string of the molecule is CC(C)S(=O)(=O)c1ccc(Cc2nnc(NC(=O)Cc3ccc([N+](=O)[O-])cc3)o2)cc1. The Morgan fingerprint density at radius 3 is 2.26 bits per heavy atom. The van der Waals surface area contributed by atoms with Gasteiger partial charge in [0.1, 0.15) is 0 Å². The van der Waals surface area contributed by atoms with Gasteiger partial charge in [0.05, 0.1) is 27.9 Å². The number of rotatable bonds is 8. The van der Waals surface area contributed by atoms with Gasteiger partial charge in [-0.2, -0.15) is 0 Å². The van der Waals surface area contributed by atoms with Crippen molar-refractivity contribution < 1.29 is 22.6 Å². The molecule has 3 rings (SSSR count). The van der Waals surface area contributed by atoms with Crippen molar-refractivity contribution in [2.45, 2.75) is 36.8 Å². The fourth-order valence-corrected chi connectivity index (χ4v) is 3.76. The van der Waals surface area contributed by atoms with Crippen LogP contribution in [0.2, 0.25) is 0 Å². The van der Waals surface area contributed by atoms with E-state index in [0.717, 1.165) is 5.56 Å². The van der Waals surface area contributed by atoms with Crippen molar-refractivity contribution in [2.75, 3.05) is 5.32 Å². The van der Waals surface area contributed by atoms with Gasteiger partial charge < -0.3 is 4.42 Å². The summed E-state index contributed by atoms with van der Waals surface area (Å²) in [5.41, 5.74) is 1.31. The zero-order valence-electron chi connectivity index (χ0n) is 16.8. The number of sulfone groups is 1. The highest BCUT2D eigenvalue weighted by Gasteiger charge is 2.19. The molecule has 0 saturated carbocycles. The first kappa shape index (κ1) is 22.1. The zero-order chi connectivity index (χ0) is 22.6. The van der Waals surface area contributed by atoms with E-state index >= 15 is 0 Å². The first-order chi connectivity index (χ1) is 14.6. The van der Waals surface area contributed by atoms with E-state index in [1.165, 1.54) is 36.4 Å². The second-order valence-electron chi connectivity index (χ2n) is 7.06. The number of carbonyl (C=O) groups excluding carboxylic acids is 1. The number of anilines is 1. The topological polar surface area (TPSA) is 145 Å². The van der Waals surface area contributed by atoms with E-state index in [1.807, 2.05) is 0 Å². The van der Waals surface area contributed by atoms with Gasteiger partial charge in [-0.05, 0) is 37.1 Å². The van der Waals surface area contributed by atoms with Gasteiger partial charge in [0.25, 0.3) is 5.69 Å². The van der Waals surface area contributed by atoms with Crippen LogP contribution < -0.4 is 5.32 Å². The molecule has 1 amide bonds. The molecule has 11 heteroatoms. The Hall–Kier alpha value is -3.60. The lowest BCUT2D eigenvalue weighted by Crippen LogP contribution is -2.14. The standard InChI is InChI=1S/C20H20N4O6S/c1-13(2)31(28,29)17-9-5-15(6-10-17)12-19-22-23-20(30-19)21-18(25)11-14-3-7-16(8-4-14)24(26)27/h3-10,13H,11-12H2,1-2H3,(H,21,23,25). The molecular formula is C20H20N4O6S. The molecule has 0 aliphatic heterocycles. The fourth-order valence-electron chi connectivity index (χ4n) is 2.70. The maximum Gasteiger partial charge on any atom is 0.322 e. The molecule has 1 N–H and O–H groups in total. The molecule has 0 fully saturated rings. The summed E-state index contributed by atoms with van der Waals surface area (Å²) in [5.74, 6) is -0.155. The highest BCUT2D eigenvalue weighted by Crippen LogP contribution is 2.19. The van der Waals surface area contributed by atoms with Crippen LogP contribution in [0.25, 0.3) is 0 Å². The summed E-state index contributed by atoms with van der Waals surface area (Å²) in [6.45, 7) is 3.25. The van der Waals surface area contributed by atoms with Gasteiger partial charge in [-0.1, -0.05) is 29.4 Å². The molecule has 0 aliphatic rings. The van der Waals surface area contributed by atoms with Gasteiger partial charge in [-0.15, -0.1) is 5.10 Å². The molecule has 162 valence electrons. The summed E-state index contributed by atoms with van der Waals surface area (Å²) in [6, 6.07) is 12.0. The maximum atomic E-state index is 12.2. The monoisotopic (exact) mass is 444 g/mol. The summed E-state index contributed by atoms with van der Waals surface area (Å²) in [4.78, 5) is 22.5. The highest BCUT2D eigenvalue weighted by atomic mass is 32.2. The minimum absolute atomic E-state index is 0.0124. The predicted molar refractivity (Wildman–Crippen MR) is 111 cm³/mol. The lowest BCUT2D eigenvalue weighted by atomic mass is 10.1. The van der Waals surface area contributed by atoms with Crippen LogP contribution in [0, 0.1) is 10.1 Å². The molecule has 0 aliphatic carbocycles. The number of nitro benzene ring substituents is 1. The van der Waals surface area contributed by atoms with E-state index in [1.54, 1.807) is 26.0 Å². The lowest BCUT2D eigenvalue weighted by Gasteiger charge is -2.08. The van der Waals surface area contributed by atoms with E-state index in [9.17, 15) is 23.3 Å². The molecule has 0 saturated heterocycles. The quantitative estimate of drug-likeness (QED) is 0.412. The first-order valence-electron chi connectivity index (χ1n) is 9.33. The van der Waals surface area contributed by atoms with Gasteiger partial charge >= 0.3 is 6.01 Å². The number of nitrogens with one attached hydrogen (secondary N) is 1. The maximum absolute atomic E-state index is 12.2. The summed E-state index contributed by atoms with van der Waals surface area (Å²) < 4.78 is 29.8. The van der Waals surface area contributed by atoms with Crippen LogP contribution in [0.5, 0.6) is 0 Å². The van der Waals surface area contributed by atoms with Gasteiger partial charge in [0.15, 0.2) is 9.84 Å². The third-order valence-electron chi connectivity index (χ3n) is 4.45. The molecule has 0 radical (unpaired) electrons. The Balaban J connectivity index is 1.58. The van der Waals surface area contributed by atoms with E-state index in [4.69, 9.17) is 4.42 Å². The molecule has 0 bridgehead atoms. The molecule has 0 spiro atoms. The second-order valence-corrected chi connectivity index (χ2v) is 9.57. The van der Waals surface area contributed by atoms with Gasteiger partial charge in [-0.25, -0.2) is 8.42 Å². The van der Waals surface area contributed by atoms with Crippen molar-refractivity contribution in [1.82, 2.24) is 10.2 Å². The Morgan fingerprint density at radius 1 is 1.06 bits per heavy atom. The summed E-state index contributed by atoms with van der Waals surface area (Å²) in [6.07, 6.45) is 0.259. The number of hydrogen-bond acceptors (Lipinski definition) is 8. The van der Waals surface area contributed by atoms with Crippen molar-refractivity contribution in [3.8, 4) is 0 Å². The minimum Gasteiger partial charge on any atom is -0.407 e. The van der Waals surface area contributed by atoms with Crippen molar-refractivity contribution >= 4 is 27.4 Å². The van der Waals surface area contributed by atoms with Crippen LogP contribution in [0.4, 0.5) is 11.7 Å². The number of carbonyl (C=O) groups is 1. The highest BCUT2D eigenvalue weighted by molar-refractivity contribution is 7.92. The van der Waals surface area contributed by atoms with Crippen LogP contribution in [0.15, 0.2) is 57.8 Å². The smallest absolute Gasteiger partial charge is 0.322 e. The number of nitrogens with zero attached hydrogens (tertiary/aromatic N) is 3. The lowest BCUT2D eigenvalue weighted by molar-refractivity contribution is -0.384. The van der Waals surface area contributed by atoms with Crippen molar-refractivity contribution in [3.05, 3.63) is 75.7 Å². The van der Waals surface area contributed by atoms with Crippen LogP contribution in [-0.4, -0.2) is 34.7 Å². The number of amides is 1. The van der Waals surface area contributed by atoms with Gasteiger partial charge in [0.2, 0.25) is 11.8 Å². The number of non-ortho nitro benzene ring substituents is 1. The van der Waals surface area contributed by atoms with E-state index < -0.39 is 25.9 Å². The third kappa shape index (κ3) is 5.51. The Labute approximate surface area is 178 Å². The van der Waals surface area contributed by atoms with Crippen molar-refractivity contribution in [2.24, 2.45) is 0 Å². The van der Waals surface area contributed by atoms with Crippen molar-refractivity contribution in [1.29, 1.82) is 0 Å². The molecule has 0 unspecified atom stereocenters. The summed E-state index contributed by atoms with van der Waals surface area (Å²) in [7, 11) is -3.34. The van der Waals surface area contributed by atoms with Crippen LogP contribution in [0.3, 0.4) is 0 Å². The van der Waals surface area contributed by atoms with Crippen LogP contribution in [0.1, 0.15) is 30.9 Å². The fraction of sp³-hybridized carbons (Fsp3) is 0.250. The molecule has 1 heterocycles. The Kier molecular flexibility index (Phi) is 6.44. The third-order valence-corrected chi connectivity index (χ3v) is 6.62. The second kappa shape index (κ2) is 9.04. The molecule has 10 nitrogen and oxygen atoms in total. The molecular weight excluding hydrogens is 424 g/mol. The average molecular weight is 444 g/mol. The number of hydrogen-bond donors (Lipinski definition) is 1. The van der Waals surface area contributed by atoms with Crippen LogP contribution in [-0.2, 0) is 27.5 Å². The summed E-state index contributed by atoms with van der Waals surface area (Å²) >= 11 is 0. The van der Waals surface area contributed by atoms with E-state index in [0.29, 0.717) is 5.56 Å². The largest absolute Gasteiger partial charge is 0.407 e. The molecule has 3 aromatic rings. The minimum atomic E-state index is -3.34. The van der Waals surface area contributed by atoms with Gasteiger partial charge in [-0.3, -0.25) is 20.2 Å². The molecule has 2 aromatic carbocycles. The average Bonchev–Trinajstić information content (AvgIpc) is 3.15. The Bertz CT molecular complexity index is 1190. The molecule has 31 heavy (non-hydrogen) atoms. The van der Waals surface area contributed by atoms with Crippen LogP contribution >= 0.6 is 0 Å². The number of benzene rings is 2. The molecule has 0 atom stereocenters. The molecule has 1 aromatic heterocycles. The Morgan fingerprint density at radius 2 is 1.68 bits per heavy atom. The normalized spacial score (nSPS) is 11.5. The van der Waals surface area contributed by atoms with Crippen molar-refractivity contribution in [3.63, 3.8) is 0 Å². The predicted octanol–water partition coefficient (Wildman–Crippen LogP) is 2.93.